The Hall–Kier alpha value is -1.85. The van der Waals surface area contributed by atoms with Crippen molar-refractivity contribution in [3.8, 4) is 5.75 Å². The van der Waals surface area contributed by atoms with Gasteiger partial charge in [0.25, 0.3) is 5.91 Å². The molecular formula is C23H29ClN2O2S. The van der Waals surface area contributed by atoms with Crippen molar-refractivity contribution in [1.29, 1.82) is 0 Å². The van der Waals surface area contributed by atoms with E-state index in [0.29, 0.717) is 23.3 Å². The highest BCUT2D eigenvalue weighted by Gasteiger charge is 2.27. The van der Waals surface area contributed by atoms with Crippen LogP contribution in [0.2, 0.25) is 5.02 Å². The highest BCUT2D eigenvalue weighted by molar-refractivity contribution is 7.99. The number of benzene rings is 2. The summed E-state index contributed by atoms with van der Waals surface area (Å²) in [5.74, 6) is 2.11. The number of anilines is 1. The van der Waals surface area contributed by atoms with Gasteiger partial charge in [-0.3, -0.25) is 4.79 Å². The minimum absolute atomic E-state index is 0.0651. The summed E-state index contributed by atoms with van der Waals surface area (Å²) in [6.07, 6.45) is 6.31. The van der Waals surface area contributed by atoms with Gasteiger partial charge in [-0.2, -0.15) is 11.8 Å². The van der Waals surface area contributed by atoms with Gasteiger partial charge in [0.2, 0.25) is 0 Å². The van der Waals surface area contributed by atoms with Crippen LogP contribution < -0.4 is 15.8 Å². The van der Waals surface area contributed by atoms with Gasteiger partial charge >= 0.3 is 0 Å². The van der Waals surface area contributed by atoms with Gasteiger partial charge in [0.05, 0.1) is 7.11 Å². The van der Waals surface area contributed by atoms with Crippen molar-refractivity contribution in [3.05, 3.63) is 58.6 Å². The van der Waals surface area contributed by atoms with Gasteiger partial charge in [-0.05, 0) is 66.8 Å². The first-order valence-electron chi connectivity index (χ1n) is 10.2. The molecule has 0 radical (unpaired) electrons. The van der Waals surface area contributed by atoms with Crippen LogP contribution in [0.1, 0.15) is 53.3 Å². The topological polar surface area (TPSA) is 64.3 Å². The van der Waals surface area contributed by atoms with Crippen LogP contribution in [0.25, 0.3) is 0 Å². The van der Waals surface area contributed by atoms with Crippen LogP contribution in [0.3, 0.4) is 0 Å². The molecule has 1 amide bonds. The average Bonchev–Trinajstić information content (AvgIpc) is 2.76. The fourth-order valence-electron chi connectivity index (χ4n) is 3.90. The van der Waals surface area contributed by atoms with Crippen LogP contribution in [0.15, 0.2) is 42.5 Å². The highest BCUT2D eigenvalue weighted by Crippen LogP contribution is 2.45. The third-order valence-corrected chi connectivity index (χ3v) is 7.14. The first-order chi connectivity index (χ1) is 14.1. The van der Waals surface area contributed by atoms with Crippen LogP contribution in [-0.4, -0.2) is 25.3 Å². The number of nitrogens with two attached hydrogens (primary N) is 1. The number of ether oxygens (including phenoxy) is 1. The summed E-state index contributed by atoms with van der Waals surface area (Å²) in [5, 5.41) is 4.05. The van der Waals surface area contributed by atoms with Crippen molar-refractivity contribution in [3.63, 3.8) is 0 Å². The van der Waals surface area contributed by atoms with Gasteiger partial charge in [0.1, 0.15) is 5.75 Å². The van der Waals surface area contributed by atoms with Crippen molar-refractivity contribution >= 4 is 35.0 Å². The summed E-state index contributed by atoms with van der Waals surface area (Å²) in [6, 6.07) is 12.9. The molecule has 4 nitrogen and oxygen atoms in total. The Labute approximate surface area is 182 Å². The van der Waals surface area contributed by atoms with E-state index in [2.05, 4.69) is 5.32 Å². The summed E-state index contributed by atoms with van der Waals surface area (Å²) in [6.45, 7) is 0.610. The van der Waals surface area contributed by atoms with Crippen LogP contribution in [0.4, 0.5) is 5.69 Å². The summed E-state index contributed by atoms with van der Waals surface area (Å²) in [4.78, 5) is 12.4. The Morgan fingerprint density at radius 3 is 2.62 bits per heavy atom. The number of carbonyl (C=O) groups excluding carboxylic acids is 1. The molecule has 1 saturated carbocycles. The van der Waals surface area contributed by atoms with E-state index in [4.69, 9.17) is 22.1 Å². The van der Waals surface area contributed by atoms with E-state index in [-0.39, 0.29) is 5.91 Å². The smallest absolute Gasteiger partial charge is 0.251 e. The van der Waals surface area contributed by atoms with Crippen molar-refractivity contribution in [1.82, 2.24) is 5.32 Å². The Bertz CT molecular complexity index is 807. The van der Waals surface area contributed by atoms with Crippen LogP contribution in [0, 0.1) is 5.92 Å². The van der Waals surface area contributed by atoms with Gasteiger partial charge in [0, 0.05) is 33.8 Å². The van der Waals surface area contributed by atoms with E-state index in [1.54, 1.807) is 31.4 Å². The quantitative estimate of drug-likeness (QED) is 0.414. The van der Waals surface area contributed by atoms with Gasteiger partial charge in [-0.25, -0.2) is 0 Å². The van der Waals surface area contributed by atoms with Crippen molar-refractivity contribution < 1.29 is 9.53 Å². The molecule has 0 aliphatic heterocycles. The second-order valence-electron chi connectivity index (χ2n) is 7.45. The standard InChI is InChI=1S/C23H29ClN2O2S/c1-28-19-10-7-17(8-11-19)23(27)26-13-14-29-22(16-5-3-2-4-6-16)20-15-18(24)9-12-21(20)25/h7-12,15-16,22H,2-6,13-14,25H2,1H3,(H,26,27). The third-order valence-electron chi connectivity index (χ3n) is 5.47. The third kappa shape index (κ3) is 6.06. The zero-order chi connectivity index (χ0) is 20.6. The largest absolute Gasteiger partial charge is 0.497 e. The lowest BCUT2D eigenvalue weighted by molar-refractivity contribution is 0.0956. The van der Waals surface area contributed by atoms with Crippen LogP contribution in [-0.2, 0) is 0 Å². The van der Waals surface area contributed by atoms with Gasteiger partial charge in [-0.15, -0.1) is 0 Å². The maximum atomic E-state index is 12.4. The molecule has 0 heterocycles. The molecule has 3 rings (SSSR count). The molecular weight excluding hydrogens is 404 g/mol. The average molecular weight is 433 g/mol. The molecule has 1 fully saturated rings. The van der Waals surface area contributed by atoms with Crippen molar-refractivity contribution in [2.45, 2.75) is 37.4 Å². The molecule has 1 unspecified atom stereocenters. The summed E-state index contributed by atoms with van der Waals surface area (Å²) in [7, 11) is 1.61. The Morgan fingerprint density at radius 2 is 1.93 bits per heavy atom. The number of nitrogens with one attached hydrogen (secondary N) is 1. The minimum Gasteiger partial charge on any atom is -0.497 e. The monoisotopic (exact) mass is 432 g/mol. The second kappa shape index (κ2) is 10.8. The maximum absolute atomic E-state index is 12.4. The molecule has 156 valence electrons. The Balaban J connectivity index is 1.59. The number of hydrogen-bond acceptors (Lipinski definition) is 4. The lowest BCUT2D eigenvalue weighted by Gasteiger charge is -2.31. The van der Waals surface area contributed by atoms with Gasteiger partial charge in [-0.1, -0.05) is 30.9 Å². The number of rotatable bonds is 8. The van der Waals surface area contributed by atoms with Crippen molar-refractivity contribution in [2.75, 3.05) is 25.1 Å². The summed E-state index contributed by atoms with van der Waals surface area (Å²) in [5.41, 5.74) is 8.88. The normalized spacial score (nSPS) is 15.7. The molecule has 0 bridgehead atoms. The van der Waals surface area contributed by atoms with Crippen molar-refractivity contribution in [2.24, 2.45) is 5.92 Å². The number of halogens is 1. The minimum atomic E-state index is -0.0651. The lowest BCUT2D eigenvalue weighted by atomic mass is 9.84. The predicted molar refractivity (Wildman–Crippen MR) is 123 cm³/mol. The Morgan fingerprint density at radius 1 is 1.21 bits per heavy atom. The summed E-state index contributed by atoms with van der Waals surface area (Å²) >= 11 is 8.14. The number of nitrogen functional groups attached to an aromatic ring is 1. The van der Waals surface area contributed by atoms with Crippen LogP contribution in [0.5, 0.6) is 5.75 Å². The highest BCUT2D eigenvalue weighted by atomic mass is 35.5. The van der Waals surface area contributed by atoms with Gasteiger partial charge in [0.15, 0.2) is 0 Å². The SMILES string of the molecule is COc1ccc(C(=O)NCCSC(c2cc(Cl)ccc2N)C2CCCCC2)cc1. The molecule has 29 heavy (non-hydrogen) atoms. The van der Waals surface area contributed by atoms with E-state index in [9.17, 15) is 4.79 Å². The maximum Gasteiger partial charge on any atom is 0.251 e. The molecule has 6 heteroatoms. The van der Waals surface area contributed by atoms with E-state index >= 15 is 0 Å². The number of carbonyl (C=O) groups is 1. The van der Waals surface area contributed by atoms with E-state index in [0.717, 1.165) is 27.8 Å². The molecule has 1 aliphatic carbocycles. The lowest BCUT2D eigenvalue weighted by Crippen LogP contribution is -2.26. The number of methoxy groups -OCH3 is 1. The molecule has 2 aromatic rings. The molecule has 0 saturated heterocycles. The zero-order valence-corrected chi connectivity index (χ0v) is 18.4. The van der Waals surface area contributed by atoms with E-state index in [1.165, 1.54) is 32.1 Å². The molecule has 1 aliphatic rings. The first-order valence-corrected chi connectivity index (χ1v) is 11.6. The predicted octanol–water partition coefficient (Wildman–Crippen LogP) is 5.72. The van der Waals surface area contributed by atoms with E-state index < -0.39 is 0 Å². The molecule has 0 spiro atoms. The number of thioether (sulfide) groups is 1. The zero-order valence-electron chi connectivity index (χ0n) is 16.8. The van der Waals surface area contributed by atoms with Crippen LogP contribution >= 0.6 is 23.4 Å². The summed E-state index contributed by atoms with van der Waals surface area (Å²) < 4.78 is 5.14. The molecule has 3 N–H and O–H groups in total. The Kier molecular flexibility index (Phi) is 8.13. The van der Waals surface area contributed by atoms with E-state index in [1.807, 2.05) is 30.0 Å². The number of hydrogen-bond donors (Lipinski definition) is 2. The second-order valence-corrected chi connectivity index (χ2v) is 9.13. The molecule has 0 aromatic heterocycles. The number of amides is 1. The van der Waals surface area contributed by atoms with Gasteiger partial charge < -0.3 is 15.8 Å². The molecule has 2 aromatic carbocycles. The first kappa shape index (κ1) is 21.8. The fraction of sp³-hybridized carbons (Fsp3) is 0.435. The molecule has 1 atom stereocenters. The fourth-order valence-corrected chi connectivity index (χ4v) is 5.49.